The van der Waals surface area contributed by atoms with Crippen LogP contribution in [-0.4, -0.2) is 41.6 Å². The van der Waals surface area contributed by atoms with Crippen molar-refractivity contribution in [2.75, 3.05) is 11.5 Å². The molecule has 1 saturated heterocycles. The minimum Gasteiger partial charge on any atom is -0.484 e. The lowest BCUT2D eigenvalue weighted by atomic mass is 9.78. The number of nitrogens with zero attached hydrogens (tertiary/aromatic N) is 1. The van der Waals surface area contributed by atoms with Gasteiger partial charge in [0, 0.05) is 23.4 Å². The minimum absolute atomic E-state index is 0.121. The van der Waals surface area contributed by atoms with Crippen LogP contribution in [-0.2, 0) is 9.59 Å². The molecule has 1 saturated carbocycles. The van der Waals surface area contributed by atoms with Crippen molar-refractivity contribution in [2.24, 2.45) is 5.92 Å². The third kappa shape index (κ3) is 5.91. The van der Waals surface area contributed by atoms with Gasteiger partial charge in [-0.15, -0.1) is 11.3 Å². The number of anilines is 1. The number of carbonyl (C=O) groups excluding carboxylic acids is 2. The Labute approximate surface area is 226 Å². The number of carboxylic acids is 1. The van der Waals surface area contributed by atoms with Crippen LogP contribution in [0.25, 0.3) is 10.4 Å². The molecular weight excluding hydrogens is 500 g/mol. The van der Waals surface area contributed by atoms with Crippen LogP contribution in [0.4, 0.5) is 5.69 Å². The fourth-order valence-corrected chi connectivity index (χ4v) is 6.71. The number of carboxylic acid groups (broad SMARTS) is 1. The van der Waals surface area contributed by atoms with Crippen LogP contribution in [0.3, 0.4) is 0 Å². The van der Waals surface area contributed by atoms with Gasteiger partial charge in [-0.05, 0) is 48.9 Å². The number of hydrogen-bond donors (Lipinski definition) is 2. The van der Waals surface area contributed by atoms with Gasteiger partial charge in [0.25, 0.3) is 5.91 Å². The van der Waals surface area contributed by atoms with Crippen LogP contribution in [0.1, 0.15) is 54.6 Å². The summed E-state index contributed by atoms with van der Waals surface area (Å²) in [7, 11) is 0. The van der Waals surface area contributed by atoms with E-state index in [2.05, 4.69) is 5.32 Å². The summed E-state index contributed by atoms with van der Waals surface area (Å²) in [4.78, 5) is 41.4. The lowest BCUT2D eigenvalue weighted by Gasteiger charge is -2.44. The first-order chi connectivity index (χ1) is 18.5. The molecule has 1 aliphatic heterocycles. The molecule has 2 aliphatic rings. The molecule has 0 radical (unpaired) electrons. The van der Waals surface area contributed by atoms with E-state index in [1.54, 1.807) is 17.0 Å². The summed E-state index contributed by atoms with van der Waals surface area (Å²) in [5.74, 6) is -0.580. The minimum atomic E-state index is -1.03. The number of carbonyl (C=O) groups is 3. The molecular formula is C30H32N2O5S. The molecule has 2 fully saturated rings. The molecule has 3 aromatic rings. The Morgan fingerprint density at radius 3 is 2.37 bits per heavy atom. The Morgan fingerprint density at radius 1 is 1.00 bits per heavy atom. The van der Waals surface area contributed by atoms with Crippen molar-refractivity contribution in [3.63, 3.8) is 0 Å². The fourth-order valence-electron chi connectivity index (χ4n) is 5.71. The van der Waals surface area contributed by atoms with E-state index in [0.717, 1.165) is 36.1 Å². The zero-order valence-electron chi connectivity index (χ0n) is 21.2. The molecule has 2 amide bonds. The Balaban J connectivity index is 1.38. The monoisotopic (exact) mass is 532 g/mol. The molecule has 8 heteroatoms. The van der Waals surface area contributed by atoms with Gasteiger partial charge in [0.15, 0.2) is 6.61 Å². The highest BCUT2D eigenvalue weighted by atomic mass is 32.1. The molecule has 2 N–H and O–H groups in total. The van der Waals surface area contributed by atoms with Gasteiger partial charge in [-0.1, -0.05) is 67.8 Å². The number of amides is 2. The van der Waals surface area contributed by atoms with Crippen LogP contribution in [0.2, 0.25) is 0 Å². The molecule has 198 valence electrons. The molecule has 5 rings (SSSR count). The van der Waals surface area contributed by atoms with E-state index < -0.39 is 5.97 Å². The summed E-state index contributed by atoms with van der Waals surface area (Å²) in [6.45, 7) is -0.124. The first-order valence-corrected chi connectivity index (χ1v) is 14.0. The lowest BCUT2D eigenvalue weighted by Crippen LogP contribution is -2.56. The third-order valence-electron chi connectivity index (χ3n) is 7.44. The molecule has 7 nitrogen and oxygen atoms in total. The number of para-hydroxylation sites is 1. The summed E-state index contributed by atoms with van der Waals surface area (Å²) >= 11 is 1.20. The predicted octanol–water partition coefficient (Wildman–Crippen LogP) is 5.75. The van der Waals surface area contributed by atoms with Gasteiger partial charge in [-0.3, -0.25) is 9.59 Å². The number of piperidine rings is 1. The Morgan fingerprint density at radius 2 is 1.68 bits per heavy atom. The normalized spacial score (nSPS) is 20.2. The van der Waals surface area contributed by atoms with Crippen molar-refractivity contribution in [3.8, 4) is 16.2 Å². The van der Waals surface area contributed by atoms with Gasteiger partial charge in [-0.25, -0.2) is 4.79 Å². The molecule has 0 bridgehead atoms. The van der Waals surface area contributed by atoms with Crippen molar-refractivity contribution >= 4 is 34.8 Å². The van der Waals surface area contributed by atoms with E-state index >= 15 is 0 Å². The molecule has 1 aliphatic carbocycles. The maximum Gasteiger partial charge on any atom is 0.348 e. The van der Waals surface area contributed by atoms with Gasteiger partial charge in [-0.2, -0.15) is 0 Å². The summed E-state index contributed by atoms with van der Waals surface area (Å²) in [6.07, 6.45) is 6.05. The second-order valence-electron chi connectivity index (χ2n) is 10.0. The quantitative estimate of drug-likeness (QED) is 0.385. The smallest absolute Gasteiger partial charge is 0.348 e. The van der Waals surface area contributed by atoms with Gasteiger partial charge in [0.2, 0.25) is 5.91 Å². The predicted molar refractivity (Wildman–Crippen MR) is 148 cm³/mol. The topological polar surface area (TPSA) is 95.9 Å². The average Bonchev–Trinajstić information content (AvgIpc) is 3.39. The van der Waals surface area contributed by atoms with E-state index in [-0.39, 0.29) is 47.7 Å². The van der Waals surface area contributed by atoms with E-state index in [1.165, 1.54) is 17.8 Å². The summed E-state index contributed by atoms with van der Waals surface area (Å²) in [5.41, 5.74) is 1.40. The first kappa shape index (κ1) is 26.0. The number of ether oxygens (including phenoxy) is 1. The van der Waals surface area contributed by atoms with Gasteiger partial charge < -0.3 is 20.1 Å². The summed E-state index contributed by atoms with van der Waals surface area (Å²) in [5, 5.41) is 13.1. The van der Waals surface area contributed by atoms with Crippen molar-refractivity contribution in [2.45, 2.75) is 57.0 Å². The van der Waals surface area contributed by atoms with Gasteiger partial charge in [0.05, 0.1) is 5.69 Å². The number of aromatic carboxylic acids is 1. The first-order valence-electron chi connectivity index (χ1n) is 13.2. The number of hydrogen-bond acceptors (Lipinski definition) is 5. The SMILES string of the molecule is O=C(COc1ccccc1)N[C@@H]1CC(=O)N(c2cc(-c3ccccc3)sc2C(=O)O)[C@@H](C2CCCCC2)C1. The fraction of sp³-hybridized carbons (Fsp3) is 0.367. The Hall–Kier alpha value is -3.65. The molecule has 38 heavy (non-hydrogen) atoms. The molecule has 2 atom stereocenters. The van der Waals surface area contributed by atoms with Crippen LogP contribution in [0.15, 0.2) is 66.7 Å². The van der Waals surface area contributed by atoms with Gasteiger partial charge in [0.1, 0.15) is 10.6 Å². The summed E-state index contributed by atoms with van der Waals surface area (Å²) in [6, 6.07) is 20.1. The van der Waals surface area contributed by atoms with Crippen molar-refractivity contribution in [1.29, 1.82) is 0 Å². The average molecular weight is 533 g/mol. The number of thiophene rings is 1. The standard InChI is InChI=1S/C30H32N2O5S/c33-27(19-37-23-14-8-3-9-15-23)31-22-16-24(20-10-4-1-5-11-20)32(28(34)17-22)25-18-26(38-29(25)30(35)36)21-12-6-2-7-13-21/h2-3,6-9,12-15,18,20,22,24H,1,4-5,10-11,16-17,19H2,(H,31,33)(H,35,36)/t22-,24+/m0/s1. The van der Waals surface area contributed by atoms with Crippen LogP contribution in [0.5, 0.6) is 5.75 Å². The number of rotatable bonds is 8. The van der Waals surface area contributed by atoms with Crippen molar-refractivity contribution < 1.29 is 24.2 Å². The van der Waals surface area contributed by atoms with E-state index in [0.29, 0.717) is 17.9 Å². The summed E-state index contributed by atoms with van der Waals surface area (Å²) < 4.78 is 5.59. The Kier molecular flexibility index (Phi) is 8.08. The maximum absolute atomic E-state index is 13.7. The third-order valence-corrected chi connectivity index (χ3v) is 8.61. The lowest BCUT2D eigenvalue weighted by molar-refractivity contribution is -0.125. The molecule has 2 heterocycles. The van der Waals surface area contributed by atoms with Gasteiger partial charge >= 0.3 is 5.97 Å². The van der Waals surface area contributed by atoms with Crippen molar-refractivity contribution in [3.05, 3.63) is 71.6 Å². The van der Waals surface area contributed by atoms with Crippen LogP contribution < -0.4 is 15.0 Å². The van der Waals surface area contributed by atoms with E-state index in [1.807, 2.05) is 54.6 Å². The zero-order chi connectivity index (χ0) is 26.5. The second kappa shape index (κ2) is 11.8. The van der Waals surface area contributed by atoms with Crippen LogP contribution >= 0.6 is 11.3 Å². The molecule has 0 spiro atoms. The molecule has 0 unspecified atom stereocenters. The second-order valence-corrected chi connectivity index (χ2v) is 11.1. The Bertz CT molecular complexity index is 1270. The molecule has 1 aromatic heterocycles. The number of benzene rings is 2. The zero-order valence-corrected chi connectivity index (χ0v) is 22.0. The molecule has 2 aromatic carbocycles. The number of nitrogens with one attached hydrogen (secondary N) is 1. The highest BCUT2D eigenvalue weighted by Crippen LogP contribution is 2.43. The van der Waals surface area contributed by atoms with E-state index in [9.17, 15) is 19.5 Å². The largest absolute Gasteiger partial charge is 0.484 e. The van der Waals surface area contributed by atoms with Crippen LogP contribution in [0, 0.1) is 5.92 Å². The van der Waals surface area contributed by atoms with E-state index in [4.69, 9.17) is 4.74 Å². The maximum atomic E-state index is 13.7. The highest BCUT2D eigenvalue weighted by molar-refractivity contribution is 7.18. The highest BCUT2D eigenvalue weighted by Gasteiger charge is 2.41. The van der Waals surface area contributed by atoms with Crippen molar-refractivity contribution in [1.82, 2.24) is 5.32 Å².